The molecule has 0 saturated heterocycles. The Labute approximate surface area is 178 Å². The number of hydrogen-bond donors (Lipinski definition) is 1. The summed E-state index contributed by atoms with van der Waals surface area (Å²) in [6, 6.07) is 12.2. The number of rotatable bonds is 8. The lowest BCUT2D eigenvalue weighted by Crippen LogP contribution is -2.26. The molecule has 0 aliphatic rings. The number of alkyl halides is 2. The molecule has 9 nitrogen and oxygen atoms in total. The highest BCUT2D eigenvalue weighted by atomic mass is 35.5. The summed E-state index contributed by atoms with van der Waals surface area (Å²) in [5.74, 6) is -2.70. The van der Waals surface area contributed by atoms with E-state index < -0.39 is 37.4 Å². The Morgan fingerprint density at radius 3 is 2.61 bits per heavy atom. The lowest BCUT2D eigenvalue weighted by Gasteiger charge is -2.10. The number of carbonyl (C=O) groups excluding carboxylic acids is 2. The molecule has 0 radical (unpaired) electrons. The number of ether oxygens (including phenoxy) is 2. The Hall–Kier alpha value is -3.73. The maximum absolute atomic E-state index is 12.2. The van der Waals surface area contributed by atoms with Crippen molar-refractivity contribution < 1.29 is 32.3 Å². The second-order valence-electron chi connectivity index (χ2n) is 5.93. The minimum Gasteiger partial charge on any atom is -0.454 e. The van der Waals surface area contributed by atoms with Gasteiger partial charge in [-0.15, -0.1) is 5.10 Å². The topological polar surface area (TPSA) is 113 Å². The summed E-state index contributed by atoms with van der Waals surface area (Å²) in [5, 5.41) is 6.14. The lowest BCUT2D eigenvalue weighted by molar-refractivity contribution is -0.148. The third-order valence-corrected chi connectivity index (χ3v) is 4.00. The quantitative estimate of drug-likeness (QED) is 0.522. The van der Waals surface area contributed by atoms with Crippen LogP contribution in [0.2, 0.25) is 5.02 Å². The van der Waals surface area contributed by atoms with E-state index in [2.05, 4.69) is 15.2 Å². The van der Waals surface area contributed by atoms with Crippen LogP contribution < -0.4 is 15.8 Å². The molecule has 3 rings (SSSR count). The molecule has 1 amide bonds. The molecule has 0 aliphatic heterocycles. The van der Waals surface area contributed by atoms with Gasteiger partial charge in [0, 0.05) is 11.3 Å². The summed E-state index contributed by atoms with van der Waals surface area (Å²) in [5.41, 5.74) is 0.725. The van der Waals surface area contributed by atoms with Gasteiger partial charge in [-0.1, -0.05) is 29.8 Å². The highest BCUT2D eigenvalue weighted by Gasteiger charge is 2.15. The van der Waals surface area contributed by atoms with E-state index in [4.69, 9.17) is 20.8 Å². The number of esters is 1. The minimum absolute atomic E-state index is 0.0345. The molecule has 0 atom stereocenters. The van der Waals surface area contributed by atoms with Crippen molar-refractivity contribution in [1.29, 1.82) is 0 Å². The Morgan fingerprint density at radius 1 is 1.19 bits per heavy atom. The lowest BCUT2D eigenvalue weighted by atomic mass is 10.2. The minimum atomic E-state index is -3.04. The monoisotopic (exact) mass is 453 g/mol. The number of aromatic nitrogens is 2. The predicted molar refractivity (Wildman–Crippen MR) is 104 cm³/mol. The highest BCUT2D eigenvalue weighted by Crippen LogP contribution is 2.28. The van der Waals surface area contributed by atoms with E-state index in [1.54, 1.807) is 30.3 Å². The SMILES string of the molecule is O=C(COC(=O)Cn1nc(-c2ccccc2)oc1=O)Nc1ccc(OC(F)F)c(Cl)c1. The third kappa shape index (κ3) is 6.12. The zero-order chi connectivity index (χ0) is 22.4. The first kappa shape index (κ1) is 22.0. The van der Waals surface area contributed by atoms with Crippen LogP contribution in [0.3, 0.4) is 0 Å². The van der Waals surface area contributed by atoms with Gasteiger partial charge < -0.3 is 19.2 Å². The number of halogens is 3. The van der Waals surface area contributed by atoms with Gasteiger partial charge in [-0.05, 0) is 30.3 Å². The summed E-state index contributed by atoms with van der Waals surface area (Å²) in [6.45, 7) is -4.27. The second-order valence-corrected chi connectivity index (χ2v) is 6.34. The van der Waals surface area contributed by atoms with Gasteiger partial charge in [0.25, 0.3) is 5.91 Å². The first-order chi connectivity index (χ1) is 14.8. The zero-order valence-corrected chi connectivity index (χ0v) is 16.3. The van der Waals surface area contributed by atoms with Crippen LogP contribution in [0, 0.1) is 0 Å². The van der Waals surface area contributed by atoms with Gasteiger partial charge >= 0.3 is 18.3 Å². The number of hydrogen-bond acceptors (Lipinski definition) is 7. The maximum atomic E-state index is 12.2. The summed E-state index contributed by atoms with van der Waals surface area (Å²) >= 11 is 5.79. The second kappa shape index (κ2) is 9.85. The van der Waals surface area contributed by atoms with Crippen molar-refractivity contribution in [3.63, 3.8) is 0 Å². The van der Waals surface area contributed by atoms with Gasteiger partial charge in [0.15, 0.2) is 6.61 Å². The van der Waals surface area contributed by atoms with Gasteiger partial charge in [-0.25, -0.2) is 4.79 Å². The highest BCUT2D eigenvalue weighted by molar-refractivity contribution is 6.32. The van der Waals surface area contributed by atoms with Crippen molar-refractivity contribution >= 4 is 29.2 Å². The van der Waals surface area contributed by atoms with E-state index in [1.165, 1.54) is 12.1 Å². The molecule has 0 unspecified atom stereocenters. The normalized spacial score (nSPS) is 10.7. The van der Waals surface area contributed by atoms with Crippen LogP contribution in [-0.2, 0) is 20.9 Å². The van der Waals surface area contributed by atoms with Gasteiger partial charge in [0.1, 0.15) is 12.3 Å². The molecule has 1 N–H and O–H groups in total. The van der Waals surface area contributed by atoms with Crippen LogP contribution in [0.1, 0.15) is 0 Å². The molecule has 12 heteroatoms. The van der Waals surface area contributed by atoms with E-state index in [9.17, 15) is 23.2 Å². The van der Waals surface area contributed by atoms with Crippen molar-refractivity contribution in [1.82, 2.24) is 9.78 Å². The van der Waals surface area contributed by atoms with Crippen LogP contribution in [0.4, 0.5) is 14.5 Å². The Morgan fingerprint density at radius 2 is 1.94 bits per heavy atom. The summed E-state index contributed by atoms with van der Waals surface area (Å²) in [4.78, 5) is 35.7. The fourth-order valence-electron chi connectivity index (χ4n) is 2.38. The van der Waals surface area contributed by atoms with Gasteiger partial charge in [0.05, 0.1) is 5.02 Å². The number of anilines is 1. The standard InChI is InChI=1S/C19H14ClF2N3O6/c20-13-8-12(6-7-14(13)30-18(21)22)23-15(26)10-29-16(27)9-25-19(28)31-17(24-25)11-4-2-1-3-5-11/h1-8,18H,9-10H2,(H,23,26). The molecule has 1 aromatic heterocycles. The van der Waals surface area contributed by atoms with Crippen LogP contribution in [0.5, 0.6) is 5.75 Å². The van der Waals surface area contributed by atoms with Gasteiger partial charge in [-0.3, -0.25) is 9.59 Å². The first-order valence-electron chi connectivity index (χ1n) is 8.65. The Bertz CT molecular complexity index is 1130. The van der Waals surface area contributed by atoms with Crippen LogP contribution in [-0.4, -0.2) is 34.9 Å². The number of benzene rings is 2. The molecule has 1 heterocycles. The first-order valence-corrected chi connectivity index (χ1v) is 9.03. The molecular weight excluding hydrogens is 440 g/mol. The van der Waals surface area contributed by atoms with E-state index in [-0.39, 0.29) is 22.4 Å². The summed E-state index contributed by atoms with van der Waals surface area (Å²) in [7, 11) is 0. The van der Waals surface area contributed by atoms with E-state index in [0.29, 0.717) is 5.56 Å². The maximum Gasteiger partial charge on any atom is 0.437 e. The molecule has 0 spiro atoms. The fourth-order valence-corrected chi connectivity index (χ4v) is 2.61. The van der Waals surface area contributed by atoms with Crippen molar-refractivity contribution in [3.05, 3.63) is 64.1 Å². The van der Waals surface area contributed by atoms with E-state index in [1.807, 2.05) is 0 Å². The number of amides is 1. The molecule has 162 valence electrons. The van der Waals surface area contributed by atoms with E-state index >= 15 is 0 Å². The average Bonchev–Trinajstić information content (AvgIpc) is 3.09. The van der Waals surface area contributed by atoms with Crippen molar-refractivity contribution in [3.8, 4) is 17.2 Å². The Kier molecular flexibility index (Phi) is 6.98. The van der Waals surface area contributed by atoms with Gasteiger partial charge in [-0.2, -0.15) is 13.5 Å². The third-order valence-electron chi connectivity index (χ3n) is 3.70. The molecule has 0 saturated carbocycles. The molecule has 3 aromatic rings. The largest absolute Gasteiger partial charge is 0.454 e. The van der Waals surface area contributed by atoms with Crippen LogP contribution in [0.25, 0.3) is 11.5 Å². The van der Waals surface area contributed by atoms with Crippen molar-refractivity contribution in [2.45, 2.75) is 13.2 Å². The van der Waals surface area contributed by atoms with Crippen molar-refractivity contribution in [2.24, 2.45) is 0 Å². The van der Waals surface area contributed by atoms with Crippen LogP contribution in [0.15, 0.2) is 57.7 Å². The zero-order valence-electron chi connectivity index (χ0n) is 15.6. The Balaban J connectivity index is 1.52. The van der Waals surface area contributed by atoms with Crippen molar-refractivity contribution in [2.75, 3.05) is 11.9 Å². The molecule has 0 fully saturated rings. The number of nitrogens with zero attached hydrogens (tertiary/aromatic N) is 2. The number of carbonyl (C=O) groups is 2. The molecule has 2 aromatic carbocycles. The smallest absolute Gasteiger partial charge is 0.437 e. The van der Waals surface area contributed by atoms with E-state index in [0.717, 1.165) is 10.7 Å². The van der Waals surface area contributed by atoms with Gasteiger partial charge in [0.2, 0.25) is 5.89 Å². The molecule has 31 heavy (non-hydrogen) atoms. The average molecular weight is 454 g/mol. The molecular formula is C19H14ClF2N3O6. The summed E-state index contributed by atoms with van der Waals surface area (Å²) in [6.07, 6.45) is 0. The molecule has 0 aliphatic carbocycles. The fraction of sp³-hybridized carbons (Fsp3) is 0.158. The predicted octanol–water partition coefficient (Wildman–Crippen LogP) is 2.94. The number of nitrogens with one attached hydrogen (secondary N) is 1. The van der Waals surface area contributed by atoms with Crippen LogP contribution >= 0.6 is 11.6 Å². The molecule has 0 bridgehead atoms. The summed E-state index contributed by atoms with van der Waals surface area (Å²) < 4.78 is 39.2.